The summed E-state index contributed by atoms with van der Waals surface area (Å²) in [6.45, 7) is 2.13. The van der Waals surface area contributed by atoms with E-state index in [-0.39, 0.29) is 0 Å². The van der Waals surface area contributed by atoms with E-state index in [1.54, 1.807) is 6.26 Å². The number of aryl methyl sites for hydroxylation is 2. The van der Waals surface area contributed by atoms with Crippen molar-refractivity contribution in [2.75, 3.05) is 0 Å². The van der Waals surface area contributed by atoms with Crippen LogP contribution >= 0.6 is 0 Å². The van der Waals surface area contributed by atoms with Gasteiger partial charge >= 0.3 is 0 Å². The molecule has 0 bridgehead atoms. The molecular weight excluding hydrogens is 222 g/mol. The first kappa shape index (κ1) is 11.8. The highest BCUT2D eigenvalue weighted by Crippen LogP contribution is 2.28. The minimum atomic E-state index is 0.823. The molecule has 0 aliphatic heterocycles. The molecule has 2 aromatic rings. The lowest BCUT2D eigenvalue weighted by molar-refractivity contribution is 0.577. The first-order valence-corrected chi connectivity index (χ1v) is 7.22. The van der Waals surface area contributed by atoms with E-state index in [4.69, 9.17) is 4.42 Å². The van der Waals surface area contributed by atoms with E-state index in [0.29, 0.717) is 0 Å². The highest BCUT2D eigenvalue weighted by Gasteiger charge is 2.14. The lowest BCUT2D eigenvalue weighted by atomic mass is 9.92. The van der Waals surface area contributed by atoms with Gasteiger partial charge in [-0.05, 0) is 49.8 Å². The van der Waals surface area contributed by atoms with Crippen LogP contribution in [0.4, 0.5) is 0 Å². The Balaban J connectivity index is 2.08. The molecule has 0 radical (unpaired) electrons. The quantitative estimate of drug-likeness (QED) is 0.677. The number of pyridine rings is 1. The van der Waals surface area contributed by atoms with E-state index in [0.717, 1.165) is 5.71 Å². The third-order valence-electron chi connectivity index (χ3n) is 4.14. The molecule has 0 fully saturated rings. The topological polar surface area (TPSA) is 26.0 Å². The molecule has 0 atom stereocenters. The van der Waals surface area contributed by atoms with Gasteiger partial charge in [0.05, 0.1) is 6.26 Å². The summed E-state index contributed by atoms with van der Waals surface area (Å²) < 4.78 is 5.48. The molecule has 18 heavy (non-hydrogen) atoms. The number of hydrogen-bond donors (Lipinski definition) is 0. The van der Waals surface area contributed by atoms with Crippen LogP contribution in [0.5, 0.6) is 0 Å². The number of rotatable bonds is 0. The molecule has 0 amide bonds. The van der Waals surface area contributed by atoms with Gasteiger partial charge in [-0.15, -0.1) is 0 Å². The second kappa shape index (κ2) is 5.13. The predicted molar refractivity (Wildman–Crippen MR) is 73.9 cm³/mol. The fourth-order valence-electron chi connectivity index (χ4n) is 3.15. The molecule has 0 spiro atoms. The molecule has 3 rings (SSSR count). The van der Waals surface area contributed by atoms with E-state index >= 15 is 0 Å². The Bertz CT molecular complexity index is 541. The Kier molecular flexibility index (Phi) is 3.35. The summed E-state index contributed by atoms with van der Waals surface area (Å²) in [5, 5.41) is 1.25. The van der Waals surface area contributed by atoms with Gasteiger partial charge < -0.3 is 4.42 Å². The molecule has 1 aliphatic rings. The van der Waals surface area contributed by atoms with Crippen LogP contribution in [-0.4, -0.2) is 4.98 Å². The Morgan fingerprint density at radius 2 is 1.61 bits per heavy atom. The van der Waals surface area contributed by atoms with Crippen LogP contribution in [0.1, 0.15) is 55.3 Å². The van der Waals surface area contributed by atoms with Crippen molar-refractivity contribution in [1.82, 2.24) is 4.98 Å². The van der Waals surface area contributed by atoms with Gasteiger partial charge in [0, 0.05) is 11.1 Å². The van der Waals surface area contributed by atoms with Gasteiger partial charge in [-0.1, -0.05) is 25.7 Å². The number of nitrogens with zero attached hydrogens (tertiary/aromatic N) is 1. The average Bonchev–Trinajstić information content (AvgIpc) is 2.83. The predicted octanol–water partition coefficient (Wildman–Crippen LogP) is 4.58. The van der Waals surface area contributed by atoms with Crippen molar-refractivity contribution in [1.29, 1.82) is 0 Å². The first-order valence-electron chi connectivity index (χ1n) is 7.22. The lowest BCUT2D eigenvalue weighted by Gasteiger charge is -2.15. The minimum Gasteiger partial charge on any atom is -0.446 e. The van der Waals surface area contributed by atoms with Crippen LogP contribution < -0.4 is 0 Å². The highest BCUT2D eigenvalue weighted by atomic mass is 16.3. The van der Waals surface area contributed by atoms with Crippen LogP contribution in [0.25, 0.3) is 11.1 Å². The molecule has 0 saturated heterocycles. The summed E-state index contributed by atoms with van der Waals surface area (Å²) in [7, 11) is 0. The first-order chi connectivity index (χ1) is 8.86. The molecular formula is C16H21NO. The Morgan fingerprint density at radius 3 is 2.39 bits per heavy atom. The lowest BCUT2D eigenvalue weighted by Crippen LogP contribution is -2.03. The van der Waals surface area contributed by atoms with Crippen molar-refractivity contribution in [2.24, 2.45) is 0 Å². The summed E-state index contributed by atoms with van der Waals surface area (Å²) in [6, 6.07) is 2.09. The normalized spacial score (nSPS) is 17.6. The Hall–Kier alpha value is -1.31. The zero-order valence-electron chi connectivity index (χ0n) is 11.2. The zero-order valence-corrected chi connectivity index (χ0v) is 11.2. The third kappa shape index (κ3) is 2.16. The van der Waals surface area contributed by atoms with Crippen molar-refractivity contribution in [3.63, 3.8) is 0 Å². The maximum Gasteiger partial charge on any atom is 0.226 e. The smallest absolute Gasteiger partial charge is 0.226 e. The highest BCUT2D eigenvalue weighted by molar-refractivity contribution is 5.79. The molecule has 0 saturated carbocycles. The van der Waals surface area contributed by atoms with Gasteiger partial charge in [-0.25, -0.2) is 4.98 Å². The molecule has 2 nitrogen and oxygen atoms in total. The van der Waals surface area contributed by atoms with E-state index < -0.39 is 0 Å². The van der Waals surface area contributed by atoms with Gasteiger partial charge in [0.15, 0.2) is 0 Å². The second-order valence-electron chi connectivity index (χ2n) is 5.42. The molecule has 96 valence electrons. The summed E-state index contributed by atoms with van der Waals surface area (Å²) in [4.78, 5) is 4.61. The average molecular weight is 243 g/mol. The van der Waals surface area contributed by atoms with E-state index in [1.165, 1.54) is 73.6 Å². The van der Waals surface area contributed by atoms with Crippen LogP contribution in [0.2, 0.25) is 0 Å². The third-order valence-corrected chi connectivity index (χ3v) is 4.14. The van der Waals surface area contributed by atoms with Crippen molar-refractivity contribution in [3.8, 4) is 0 Å². The fraction of sp³-hybridized carbons (Fsp3) is 0.562. The molecule has 2 heterocycles. The number of aromatic nitrogens is 1. The van der Waals surface area contributed by atoms with Gasteiger partial charge in [0.2, 0.25) is 5.71 Å². The van der Waals surface area contributed by atoms with Gasteiger partial charge in [0.1, 0.15) is 0 Å². The second-order valence-corrected chi connectivity index (χ2v) is 5.42. The van der Waals surface area contributed by atoms with Crippen LogP contribution in [-0.2, 0) is 12.8 Å². The number of furan rings is 1. The van der Waals surface area contributed by atoms with E-state index in [1.807, 2.05) is 0 Å². The molecule has 2 aromatic heterocycles. The zero-order chi connectivity index (χ0) is 12.4. The van der Waals surface area contributed by atoms with Crippen molar-refractivity contribution >= 4 is 11.1 Å². The Labute approximate surface area is 108 Å². The maximum atomic E-state index is 5.48. The fourth-order valence-corrected chi connectivity index (χ4v) is 3.15. The summed E-state index contributed by atoms with van der Waals surface area (Å²) in [6.07, 6.45) is 12.3. The molecule has 0 aromatic carbocycles. The summed E-state index contributed by atoms with van der Waals surface area (Å²) in [5.41, 5.74) is 5.00. The summed E-state index contributed by atoms with van der Waals surface area (Å²) >= 11 is 0. The SMILES string of the molecule is Cc1nc2occc2c2c1CCCCCCCC2. The molecule has 1 aliphatic carbocycles. The Morgan fingerprint density at radius 1 is 0.944 bits per heavy atom. The van der Waals surface area contributed by atoms with E-state index in [2.05, 4.69) is 18.0 Å². The van der Waals surface area contributed by atoms with Gasteiger partial charge in [-0.3, -0.25) is 0 Å². The molecule has 0 unspecified atom stereocenters. The van der Waals surface area contributed by atoms with Crippen molar-refractivity contribution in [2.45, 2.75) is 58.3 Å². The molecule has 0 N–H and O–H groups in total. The number of fused-ring (bicyclic) bond motifs is 3. The largest absolute Gasteiger partial charge is 0.446 e. The van der Waals surface area contributed by atoms with Crippen molar-refractivity contribution < 1.29 is 4.42 Å². The van der Waals surface area contributed by atoms with Crippen LogP contribution in [0, 0.1) is 6.92 Å². The van der Waals surface area contributed by atoms with Gasteiger partial charge in [0.25, 0.3) is 0 Å². The van der Waals surface area contributed by atoms with E-state index in [9.17, 15) is 0 Å². The summed E-state index contributed by atoms with van der Waals surface area (Å²) in [5.74, 6) is 0. The minimum absolute atomic E-state index is 0.823. The standard InChI is InChI=1S/C16H21NO/c1-12-13-8-6-4-2-3-5-7-9-14(13)15-10-11-18-16(15)17-12/h10-11H,2-9H2,1H3. The van der Waals surface area contributed by atoms with Crippen molar-refractivity contribution in [3.05, 3.63) is 29.2 Å². The van der Waals surface area contributed by atoms with Crippen LogP contribution in [0.3, 0.4) is 0 Å². The number of hydrogen-bond acceptors (Lipinski definition) is 2. The maximum absolute atomic E-state index is 5.48. The van der Waals surface area contributed by atoms with Crippen LogP contribution in [0.15, 0.2) is 16.7 Å². The monoisotopic (exact) mass is 243 g/mol. The molecule has 2 heteroatoms. The van der Waals surface area contributed by atoms with Gasteiger partial charge in [-0.2, -0.15) is 0 Å².